The quantitative estimate of drug-likeness (QED) is 0.696. The van der Waals surface area contributed by atoms with Crippen molar-refractivity contribution in [2.24, 2.45) is 11.3 Å². The zero-order valence-corrected chi connectivity index (χ0v) is 19.5. The number of carbonyl (C=O) groups excluding carboxylic acids is 2. The lowest BCUT2D eigenvalue weighted by molar-refractivity contribution is -0.126. The van der Waals surface area contributed by atoms with Gasteiger partial charge in [-0.2, -0.15) is 5.26 Å². The van der Waals surface area contributed by atoms with Crippen LogP contribution in [0.5, 0.6) is 0 Å². The second kappa shape index (κ2) is 8.61. The van der Waals surface area contributed by atoms with Crippen LogP contribution < -0.4 is 10.6 Å². The zero-order chi connectivity index (χ0) is 23.2. The van der Waals surface area contributed by atoms with Gasteiger partial charge in [0, 0.05) is 29.9 Å². The van der Waals surface area contributed by atoms with Crippen LogP contribution in [-0.4, -0.2) is 34.8 Å². The number of hydrogen-bond acceptors (Lipinski definition) is 4. The Morgan fingerprint density at radius 2 is 2.06 bits per heavy atom. The first-order valence-electron chi connectivity index (χ1n) is 12.5. The van der Waals surface area contributed by atoms with Gasteiger partial charge in [0.2, 0.25) is 5.91 Å². The Labute approximate surface area is 196 Å². The molecule has 5 rings (SSSR count). The number of amides is 2. The standard InChI is InChI=1S/C27H34N4O2/c1-17-7-10-24(25(32)29-17)31-15-21-14-19(8-9-22(21)26(31)33)13-20-5-3-4-6-23(20)30-18(2)27(16-28)11-12-27/h8-9,14,18,20,23-24,30H,1,3-7,10-13,15H2,2H3,(H,29,32)/t18-,20+,23-,24?/m0/s1. The van der Waals surface area contributed by atoms with Gasteiger partial charge >= 0.3 is 0 Å². The fourth-order valence-electron chi connectivity index (χ4n) is 6.07. The minimum absolute atomic E-state index is 0.0403. The van der Waals surface area contributed by atoms with Crippen LogP contribution in [0.15, 0.2) is 30.5 Å². The van der Waals surface area contributed by atoms with Crippen LogP contribution >= 0.6 is 0 Å². The van der Waals surface area contributed by atoms with E-state index in [1.54, 1.807) is 4.90 Å². The number of hydrogen-bond donors (Lipinski definition) is 2. The number of carbonyl (C=O) groups is 2. The highest BCUT2D eigenvalue weighted by molar-refractivity contribution is 6.01. The van der Waals surface area contributed by atoms with Crippen LogP contribution in [0.4, 0.5) is 0 Å². The molecule has 2 saturated carbocycles. The van der Waals surface area contributed by atoms with E-state index in [0.717, 1.165) is 42.5 Å². The summed E-state index contributed by atoms with van der Waals surface area (Å²) in [5.74, 6) is 0.377. The number of nitrogens with one attached hydrogen (secondary N) is 2. The number of nitrogens with zero attached hydrogens (tertiary/aromatic N) is 2. The first-order chi connectivity index (χ1) is 15.9. The van der Waals surface area contributed by atoms with Crippen molar-refractivity contribution in [1.29, 1.82) is 5.26 Å². The Morgan fingerprint density at radius 1 is 1.27 bits per heavy atom. The van der Waals surface area contributed by atoms with E-state index in [1.165, 1.54) is 24.8 Å². The summed E-state index contributed by atoms with van der Waals surface area (Å²) in [4.78, 5) is 27.2. The van der Waals surface area contributed by atoms with Crippen molar-refractivity contribution in [2.45, 2.75) is 89.4 Å². The first-order valence-corrected chi connectivity index (χ1v) is 12.5. The molecule has 1 aromatic carbocycles. The highest BCUT2D eigenvalue weighted by atomic mass is 16.2. The lowest BCUT2D eigenvalue weighted by Crippen LogP contribution is -2.49. The van der Waals surface area contributed by atoms with E-state index in [1.807, 2.05) is 6.07 Å². The molecule has 2 amide bonds. The van der Waals surface area contributed by atoms with E-state index >= 15 is 0 Å². The van der Waals surface area contributed by atoms with E-state index in [0.29, 0.717) is 31.3 Å². The summed E-state index contributed by atoms with van der Waals surface area (Å²) < 4.78 is 0. The number of fused-ring (bicyclic) bond motifs is 1. The molecule has 1 saturated heterocycles. The van der Waals surface area contributed by atoms with Crippen LogP contribution in [0, 0.1) is 22.7 Å². The minimum atomic E-state index is -0.415. The number of nitriles is 1. The Hall–Kier alpha value is -2.65. The summed E-state index contributed by atoms with van der Waals surface area (Å²) in [5, 5.41) is 16.2. The number of rotatable bonds is 6. The van der Waals surface area contributed by atoms with Gasteiger partial charge in [-0.1, -0.05) is 31.6 Å². The van der Waals surface area contributed by atoms with Crippen molar-refractivity contribution < 1.29 is 9.59 Å². The third kappa shape index (κ3) is 4.19. The van der Waals surface area contributed by atoms with Gasteiger partial charge in [-0.25, -0.2) is 0 Å². The molecule has 2 aliphatic heterocycles. The Bertz CT molecular complexity index is 1020. The second-order valence-electron chi connectivity index (χ2n) is 10.6. The molecule has 1 unspecified atom stereocenters. The van der Waals surface area contributed by atoms with Crippen molar-refractivity contribution in [2.75, 3.05) is 0 Å². The van der Waals surface area contributed by atoms with Crippen LogP contribution in [0.2, 0.25) is 0 Å². The number of allylic oxidation sites excluding steroid dienone is 1. The predicted molar refractivity (Wildman–Crippen MR) is 126 cm³/mol. The van der Waals surface area contributed by atoms with Gasteiger partial charge < -0.3 is 15.5 Å². The molecule has 6 nitrogen and oxygen atoms in total. The molecule has 2 heterocycles. The number of piperidine rings is 1. The zero-order valence-electron chi connectivity index (χ0n) is 19.5. The number of benzene rings is 1. The molecule has 0 spiro atoms. The Balaban J connectivity index is 1.27. The highest BCUT2D eigenvalue weighted by Gasteiger charge is 2.49. The van der Waals surface area contributed by atoms with Gasteiger partial charge in [0.1, 0.15) is 6.04 Å². The van der Waals surface area contributed by atoms with Gasteiger partial charge in [-0.15, -0.1) is 0 Å². The largest absolute Gasteiger partial charge is 0.329 e. The summed E-state index contributed by atoms with van der Waals surface area (Å²) in [7, 11) is 0. The second-order valence-corrected chi connectivity index (χ2v) is 10.6. The van der Waals surface area contributed by atoms with Crippen molar-refractivity contribution in [3.8, 4) is 6.07 Å². The predicted octanol–water partition coefficient (Wildman–Crippen LogP) is 3.82. The third-order valence-electron chi connectivity index (χ3n) is 8.41. The summed E-state index contributed by atoms with van der Waals surface area (Å²) in [6.45, 7) is 6.52. The molecule has 0 bridgehead atoms. The average Bonchev–Trinajstić information content (AvgIpc) is 3.54. The Kier molecular flexibility index (Phi) is 5.78. The summed E-state index contributed by atoms with van der Waals surface area (Å²) in [6, 6.07) is 9.02. The van der Waals surface area contributed by atoms with Gasteiger partial charge in [0.05, 0.1) is 11.5 Å². The monoisotopic (exact) mass is 446 g/mol. The van der Waals surface area contributed by atoms with Crippen LogP contribution in [-0.2, 0) is 17.8 Å². The van der Waals surface area contributed by atoms with Crippen molar-refractivity contribution >= 4 is 11.8 Å². The van der Waals surface area contributed by atoms with Crippen LogP contribution in [0.1, 0.15) is 79.8 Å². The topological polar surface area (TPSA) is 85.2 Å². The third-order valence-corrected chi connectivity index (χ3v) is 8.41. The fourth-order valence-corrected chi connectivity index (χ4v) is 6.07. The molecule has 0 aromatic heterocycles. The van der Waals surface area contributed by atoms with Crippen molar-refractivity contribution in [3.05, 3.63) is 47.2 Å². The molecular formula is C27H34N4O2. The average molecular weight is 447 g/mol. The molecule has 0 radical (unpaired) electrons. The molecule has 2 N–H and O–H groups in total. The maximum Gasteiger partial charge on any atom is 0.255 e. The summed E-state index contributed by atoms with van der Waals surface area (Å²) in [6.07, 6.45) is 9.19. The summed E-state index contributed by atoms with van der Waals surface area (Å²) in [5.41, 5.74) is 3.60. The highest BCUT2D eigenvalue weighted by Crippen LogP contribution is 2.48. The van der Waals surface area contributed by atoms with Gasteiger partial charge in [0.15, 0.2) is 0 Å². The van der Waals surface area contributed by atoms with E-state index in [2.05, 4.69) is 42.3 Å². The molecule has 1 aromatic rings. The van der Waals surface area contributed by atoms with Crippen molar-refractivity contribution in [3.63, 3.8) is 0 Å². The normalized spacial score (nSPS) is 29.3. The molecule has 174 valence electrons. The van der Waals surface area contributed by atoms with Gasteiger partial charge in [-0.3, -0.25) is 9.59 Å². The Morgan fingerprint density at radius 3 is 2.79 bits per heavy atom. The summed E-state index contributed by atoms with van der Waals surface area (Å²) >= 11 is 0. The molecule has 6 heteroatoms. The van der Waals surface area contributed by atoms with Crippen LogP contribution in [0.3, 0.4) is 0 Å². The molecule has 4 atom stereocenters. The smallest absolute Gasteiger partial charge is 0.255 e. The van der Waals surface area contributed by atoms with Gasteiger partial charge in [0.25, 0.3) is 5.91 Å². The maximum absolute atomic E-state index is 13.0. The van der Waals surface area contributed by atoms with Crippen LogP contribution in [0.25, 0.3) is 0 Å². The first kappa shape index (κ1) is 22.2. The molecule has 33 heavy (non-hydrogen) atoms. The minimum Gasteiger partial charge on any atom is -0.329 e. The van der Waals surface area contributed by atoms with Gasteiger partial charge in [-0.05, 0) is 75.0 Å². The van der Waals surface area contributed by atoms with Crippen molar-refractivity contribution in [1.82, 2.24) is 15.5 Å². The van der Waals surface area contributed by atoms with E-state index in [4.69, 9.17) is 0 Å². The lowest BCUT2D eigenvalue weighted by atomic mass is 9.79. The van der Waals surface area contributed by atoms with E-state index in [-0.39, 0.29) is 23.3 Å². The molecular weight excluding hydrogens is 412 g/mol. The molecule has 3 fully saturated rings. The molecule has 4 aliphatic rings. The van der Waals surface area contributed by atoms with E-state index < -0.39 is 6.04 Å². The lowest BCUT2D eigenvalue weighted by Gasteiger charge is -2.36. The molecule has 2 aliphatic carbocycles. The maximum atomic E-state index is 13.0. The van der Waals surface area contributed by atoms with E-state index in [9.17, 15) is 14.9 Å². The fraction of sp³-hybridized carbons (Fsp3) is 0.593. The SMILES string of the molecule is C=C1CCC(N2Cc3cc(C[C@H]4CCCC[C@@H]4N[C@@H](C)C4(C#N)CC4)ccc3C2=O)C(=O)N1.